The number of benzene rings is 1. The molecule has 2 aliphatic rings. The van der Waals surface area contributed by atoms with Crippen LogP contribution >= 0.6 is 22.9 Å². The van der Waals surface area contributed by atoms with Gasteiger partial charge in [0, 0.05) is 18.7 Å². The van der Waals surface area contributed by atoms with Crippen molar-refractivity contribution in [1.29, 1.82) is 0 Å². The number of primary amides is 2. The molecule has 242 valence electrons. The van der Waals surface area contributed by atoms with Crippen LogP contribution in [-0.4, -0.2) is 92.1 Å². The minimum atomic E-state index is -0.965. The smallest absolute Gasteiger partial charge is 0.414 e. The molecule has 45 heavy (non-hydrogen) atoms. The number of ether oxygens (including phenoxy) is 2. The van der Waals surface area contributed by atoms with E-state index in [4.69, 9.17) is 32.5 Å². The number of halogens is 2. The van der Waals surface area contributed by atoms with E-state index in [0.717, 1.165) is 27.2 Å². The molecule has 3 heterocycles. The first-order chi connectivity index (χ1) is 21.4. The molecule has 17 heteroatoms. The first-order valence-electron chi connectivity index (χ1n) is 14.0. The Balaban J connectivity index is 1.40. The standard InChI is InChI=1S/C28H32ClFN6O8S/c29-22-7-6-21(45-22)27(41)36(24(38)3-1-2-8-33-19(26(32)40)12-23(31)37)14-17-13-35(28(42)44-17)20-5-4-16(11-18(20)30)34-9-10-43-15-25(34)39/h4-7,11,17,19,33H,1-3,8-10,12-15H2,(H2,31,37)(H2,32,40)/t17-,19+/m1/s1. The number of carbonyl (C=O) groups excluding carboxylic acids is 6. The lowest BCUT2D eigenvalue weighted by Gasteiger charge is -2.27. The molecule has 0 unspecified atom stereocenters. The summed E-state index contributed by atoms with van der Waals surface area (Å²) in [6, 6.07) is 6.07. The number of nitrogens with zero attached hydrogens (tertiary/aromatic N) is 3. The van der Waals surface area contributed by atoms with Crippen molar-refractivity contribution >= 4 is 69.9 Å². The molecular weight excluding hydrogens is 635 g/mol. The number of rotatable bonds is 14. The Morgan fingerprint density at radius 3 is 2.56 bits per heavy atom. The summed E-state index contributed by atoms with van der Waals surface area (Å²) < 4.78 is 26.1. The van der Waals surface area contributed by atoms with Gasteiger partial charge in [-0.05, 0) is 49.7 Å². The molecule has 2 fully saturated rings. The molecule has 0 saturated carbocycles. The minimum absolute atomic E-state index is 0.0652. The lowest BCUT2D eigenvalue weighted by atomic mass is 10.1. The average Bonchev–Trinajstić information content (AvgIpc) is 3.59. The molecule has 2 aromatic rings. The number of unbranched alkanes of at least 4 members (excludes halogenated alkanes) is 1. The summed E-state index contributed by atoms with van der Waals surface area (Å²) in [7, 11) is 0. The molecule has 6 amide bonds. The number of nitrogens with two attached hydrogens (primary N) is 2. The van der Waals surface area contributed by atoms with Gasteiger partial charge >= 0.3 is 6.09 Å². The van der Waals surface area contributed by atoms with Crippen molar-refractivity contribution in [2.75, 3.05) is 49.2 Å². The zero-order chi connectivity index (χ0) is 32.7. The maximum atomic E-state index is 15.2. The zero-order valence-corrected chi connectivity index (χ0v) is 25.6. The fourth-order valence-corrected chi connectivity index (χ4v) is 5.83. The van der Waals surface area contributed by atoms with Gasteiger partial charge in [-0.1, -0.05) is 11.6 Å². The monoisotopic (exact) mass is 666 g/mol. The van der Waals surface area contributed by atoms with Crippen LogP contribution in [-0.2, 0) is 28.7 Å². The Labute approximate surface area is 266 Å². The van der Waals surface area contributed by atoms with Crippen LogP contribution in [0.5, 0.6) is 0 Å². The zero-order valence-electron chi connectivity index (χ0n) is 24.0. The summed E-state index contributed by atoms with van der Waals surface area (Å²) in [6.07, 6.45) is -1.45. The van der Waals surface area contributed by atoms with Crippen molar-refractivity contribution in [3.8, 4) is 0 Å². The molecule has 2 aliphatic heterocycles. The molecule has 0 bridgehead atoms. The molecule has 4 rings (SSSR count). The highest BCUT2D eigenvalue weighted by molar-refractivity contribution is 7.18. The second-order valence-corrected chi connectivity index (χ2v) is 12.0. The van der Waals surface area contributed by atoms with Crippen molar-refractivity contribution in [3.63, 3.8) is 0 Å². The summed E-state index contributed by atoms with van der Waals surface area (Å²) in [4.78, 5) is 77.8. The number of nitrogens with one attached hydrogen (secondary N) is 1. The van der Waals surface area contributed by atoms with Crippen molar-refractivity contribution in [3.05, 3.63) is 45.4 Å². The van der Waals surface area contributed by atoms with E-state index in [0.29, 0.717) is 29.5 Å². The van der Waals surface area contributed by atoms with Gasteiger partial charge in [0.05, 0.1) is 47.1 Å². The predicted octanol–water partition coefficient (Wildman–Crippen LogP) is 1.39. The Kier molecular flexibility index (Phi) is 11.4. The summed E-state index contributed by atoms with van der Waals surface area (Å²) >= 11 is 6.98. The van der Waals surface area contributed by atoms with Gasteiger partial charge in [-0.2, -0.15) is 0 Å². The van der Waals surface area contributed by atoms with Gasteiger partial charge in [0.15, 0.2) is 0 Å². The summed E-state index contributed by atoms with van der Waals surface area (Å²) in [5.74, 6) is -3.69. The van der Waals surface area contributed by atoms with Gasteiger partial charge < -0.3 is 31.2 Å². The highest BCUT2D eigenvalue weighted by Crippen LogP contribution is 2.30. The molecule has 1 aromatic carbocycles. The lowest BCUT2D eigenvalue weighted by molar-refractivity contribution is -0.129. The highest BCUT2D eigenvalue weighted by Gasteiger charge is 2.38. The molecule has 0 spiro atoms. The minimum Gasteiger partial charge on any atom is -0.442 e. The highest BCUT2D eigenvalue weighted by atomic mass is 35.5. The van der Waals surface area contributed by atoms with Crippen molar-refractivity contribution in [2.45, 2.75) is 37.8 Å². The fraction of sp³-hybridized carbons (Fsp3) is 0.429. The van der Waals surface area contributed by atoms with Crippen LogP contribution in [0.1, 0.15) is 35.4 Å². The average molecular weight is 667 g/mol. The van der Waals surface area contributed by atoms with Crippen molar-refractivity contribution < 1.29 is 42.6 Å². The first kappa shape index (κ1) is 33.8. The molecule has 2 atom stereocenters. The SMILES string of the molecule is NC(=O)C[C@H](NCCCCC(=O)N(C[C@H]1CN(c2ccc(N3CCOCC3=O)cc2F)C(=O)O1)C(=O)c1ccc(Cl)s1)C(N)=O. The quantitative estimate of drug-likeness (QED) is 0.250. The molecule has 5 N–H and O–H groups in total. The molecule has 14 nitrogen and oxygen atoms in total. The van der Waals surface area contributed by atoms with E-state index in [1.54, 1.807) is 0 Å². The second kappa shape index (κ2) is 15.2. The van der Waals surface area contributed by atoms with Crippen molar-refractivity contribution in [2.24, 2.45) is 11.5 Å². The predicted molar refractivity (Wildman–Crippen MR) is 161 cm³/mol. The number of amides is 6. The normalized spacial score (nSPS) is 17.2. The molecule has 0 radical (unpaired) electrons. The Hall–Kier alpha value is -4.12. The maximum Gasteiger partial charge on any atom is 0.414 e. The number of hydrogen-bond acceptors (Lipinski definition) is 10. The van der Waals surface area contributed by atoms with E-state index in [-0.39, 0.29) is 62.1 Å². The molecular formula is C28H32ClFN6O8S. The number of imide groups is 1. The Morgan fingerprint density at radius 1 is 1.13 bits per heavy atom. The number of morpholine rings is 1. The fourth-order valence-electron chi connectivity index (χ4n) is 4.84. The summed E-state index contributed by atoms with van der Waals surface area (Å²) in [5, 5.41) is 2.82. The maximum absolute atomic E-state index is 15.2. The van der Waals surface area contributed by atoms with Gasteiger partial charge in [0.2, 0.25) is 17.7 Å². The largest absolute Gasteiger partial charge is 0.442 e. The van der Waals surface area contributed by atoms with E-state index in [9.17, 15) is 28.8 Å². The number of cyclic esters (lactones) is 1. The third-order valence-corrected chi connectivity index (χ3v) is 8.29. The summed E-state index contributed by atoms with van der Waals surface area (Å²) in [6.45, 7) is 0.272. The van der Waals surface area contributed by atoms with E-state index < -0.39 is 47.7 Å². The topological polar surface area (TPSA) is 195 Å². The molecule has 2 saturated heterocycles. The number of carbonyl (C=O) groups is 6. The van der Waals surface area contributed by atoms with Crippen molar-refractivity contribution in [1.82, 2.24) is 10.2 Å². The van der Waals surface area contributed by atoms with Gasteiger partial charge in [-0.25, -0.2) is 9.18 Å². The first-order valence-corrected chi connectivity index (χ1v) is 15.2. The van der Waals surface area contributed by atoms with E-state index in [1.807, 2.05) is 0 Å². The van der Waals surface area contributed by atoms with E-state index in [1.165, 1.54) is 29.2 Å². The van der Waals surface area contributed by atoms with Gasteiger partial charge in [-0.3, -0.25) is 33.8 Å². The van der Waals surface area contributed by atoms with Crippen LogP contribution in [0.15, 0.2) is 30.3 Å². The van der Waals surface area contributed by atoms with Crippen LogP contribution in [0, 0.1) is 5.82 Å². The van der Waals surface area contributed by atoms with Gasteiger partial charge in [0.1, 0.15) is 18.5 Å². The van der Waals surface area contributed by atoms with Crippen LogP contribution in [0.3, 0.4) is 0 Å². The second-order valence-electron chi connectivity index (χ2n) is 10.3. The Bertz CT molecular complexity index is 1470. The third kappa shape index (κ3) is 8.75. The van der Waals surface area contributed by atoms with Gasteiger partial charge in [0.25, 0.3) is 11.8 Å². The lowest BCUT2D eigenvalue weighted by Crippen LogP contribution is -2.44. The third-order valence-electron chi connectivity index (χ3n) is 7.07. The number of thiophene rings is 1. The van der Waals surface area contributed by atoms with E-state index in [2.05, 4.69) is 5.32 Å². The molecule has 0 aliphatic carbocycles. The Morgan fingerprint density at radius 2 is 1.91 bits per heavy atom. The van der Waals surface area contributed by atoms with E-state index >= 15 is 4.39 Å². The summed E-state index contributed by atoms with van der Waals surface area (Å²) in [5.41, 5.74) is 10.6. The number of anilines is 2. The van der Waals surface area contributed by atoms with Crippen LogP contribution < -0.4 is 26.6 Å². The van der Waals surface area contributed by atoms with Gasteiger partial charge in [-0.15, -0.1) is 11.3 Å². The van der Waals surface area contributed by atoms with Crippen LogP contribution in [0.4, 0.5) is 20.6 Å². The number of hydrogen-bond donors (Lipinski definition) is 3. The van der Waals surface area contributed by atoms with Crippen LogP contribution in [0.2, 0.25) is 4.34 Å². The van der Waals surface area contributed by atoms with Crippen LogP contribution in [0.25, 0.3) is 0 Å². The molecule has 1 aromatic heterocycles.